The van der Waals surface area contributed by atoms with E-state index in [4.69, 9.17) is 18.9 Å². The summed E-state index contributed by atoms with van der Waals surface area (Å²) in [5.41, 5.74) is 2.03. The Morgan fingerprint density at radius 1 is 1.13 bits per heavy atom. The Bertz CT molecular complexity index is 1570. The third-order valence-corrected chi connectivity index (χ3v) is 7.02. The maximum Gasteiger partial charge on any atom is 0.338 e. The van der Waals surface area contributed by atoms with Crippen molar-refractivity contribution in [2.75, 3.05) is 20.3 Å². The highest BCUT2D eigenvalue weighted by molar-refractivity contribution is 7.07. The highest BCUT2D eigenvalue weighted by atomic mass is 32.1. The lowest BCUT2D eigenvalue weighted by atomic mass is 9.95. The lowest BCUT2D eigenvalue weighted by Gasteiger charge is -2.26. The van der Waals surface area contributed by atoms with Crippen LogP contribution in [0.25, 0.3) is 6.08 Å². The molecule has 1 aliphatic rings. The molecule has 8 nitrogen and oxygen atoms in total. The Kier molecular flexibility index (Phi) is 8.91. The van der Waals surface area contributed by atoms with Crippen LogP contribution in [0, 0.1) is 0 Å². The molecule has 39 heavy (non-hydrogen) atoms. The van der Waals surface area contributed by atoms with E-state index in [1.165, 1.54) is 11.3 Å². The van der Waals surface area contributed by atoms with Crippen LogP contribution in [-0.2, 0) is 9.53 Å². The van der Waals surface area contributed by atoms with Crippen molar-refractivity contribution >= 4 is 23.4 Å². The summed E-state index contributed by atoms with van der Waals surface area (Å²) < 4.78 is 24.8. The standard InChI is InChI=1S/C30H34N2O6S/c1-7-15-37-23-14-13-20(16-24(23)35-6)17-25-28(33)32-27(21-11-9-10-12-22(21)38-18(3)4)26(29(34)36-8-2)19(5)31-30(32)39-25/h9-14,16-18,27H,7-8,15H2,1-6H3/b25-17+/t27-/m1/s1. The highest BCUT2D eigenvalue weighted by Gasteiger charge is 2.35. The van der Waals surface area contributed by atoms with Crippen LogP contribution in [-0.4, -0.2) is 37.0 Å². The molecule has 9 heteroatoms. The predicted molar refractivity (Wildman–Crippen MR) is 151 cm³/mol. The van der Waals surface area contributed by atoms with Crippen LogP contribution in [0.2, 0.25) is 0 Å². The molecule has 0 unspecified atom stereocenters. The number of aromatic nitrogens is 1. The zero-order chi connectivity index (χ0) is 28.1. The van der Waals surface area contributed by atoms with Gasteiger partial charge in [0.15, 0.2) is 16.3 Å². The number of carbonyl (C=O) groups is 1. The molecule has 0 radical (unpaired) electrons. The first-order chi connectivity index (χ1) is 18.8. The molecule has 4 rings (SSSR count). The van der Waals surface area contributed by atoms with Crippen LogP contribution >= 0.6 is 11.3 Å². The first-order valence-corrected chi connectivity index (χ1v) is 13.9. The summed E-state index contributed by atoms with van der Waals surface area (Å²) in [5, 5.41) is 0. The number of ether oxygens (including phenoxy) is 4. The number of hydrogen-bond acceptors (Lipinski definition) is 8. The number of hydrogen-bond donors (Lipinski definition) is 0. The van der Waals surface area contributed by atoms with Gasteiger partial charge in [0.2, 0.25) is 0 Å². The van der Waals surface area contributed by atoms with Gasteiger partial charge in [-0.05, 0) is 64.0 Å². The lowest BCUT2D eigenvalue weighted by molar-refractivity contribution is -0.139. The summed E-state index contributed by atoms with van der Waals surface area (Å²) in [4.78, 5) is 32.3. The van der Waals surface area contributed by atoms with E-state index in [1.54, 1.807) is 31.6 Å². The van der Waals surface area contributed by atoms with Crippen LogP contribution in [0.3, 0.4) is 0 Å². The fraction of sp³-hybridized carbons (Fsp3) is 0.367. The second-order valence-corrected chi connectivity index (χ2v) is 10.3. The van der Waals surface area contributed by atoms with Gasteiger partial charge in [0.1, 0.15) is 11.8 Å². The first-order valence-electron chi connectivity index (χ1n) is 13.0. The Morgan fingerprint density at radius 2 is 1.90 bits per heavy atom. The molecule has 0 N–H and O–H groups in total. The van der Waals surface area contributed by atoms with Gasteiger partial charge in [-0.2, -0.15) is 0 Å². The predicted octanol–water partition coefficient (Wildman–Crippen LogP) is 4.38. The molecule has 3 aromatic rings. The number of carbonyl (C=O) groups excluding carboxylic acids is 1. The smallest absolute Gasteiger partial charge is 0.338 e. The summed E-state index contributed by atoms with van der Waals surface area (Å²) in [7, 11) is 1.59. The molecule has 2 aromatic carbocycles. The number of rotatable bonds is 10. The van der Waals surface area contributed by atoms with E-state index in [0.717, 1.165) is 12.0 Å². The van der Waals surface area contributed by atoms with Gasteiger partial charge in [-0.1, -0.05) is 42.5 Å². The Balaban J connectivity index is 1.91. The number of thiazole rings is 1. The van der Waals surface area contributed by atoms with Gasteiger partial charge in [0.25, 0.3) is 5.56 Å². The number of esters is 1. The van der Waals surface area contributed by atoms with E-state index in [2.05, 4.69) is 4.99 Å². The topological polar surface area (TPSA) is 88.4 Å². The summed E-state index contributed by atoms with van der Waals surface area (Å²) in [5.74, 6) is 1.32. The van der Waals surface area contributed by atoms with Gasteiger partial charge < -0.3 is 18.9 Å². The summed E-state index contributed by atoms with van der Waals surface area (Å²) in [6.07, 6.45) is 2.58. The third kappa shape index (κ3) is 5.93. The number of nitrogens with zero attached hydrogens (tertiary/aromatic N) is 2. The Hall–Kier alpha value is -3.85. The van der Waals surface area contributed by atoms with Gasteiger partial charge in [0, 0.05) is 5.56 Å². The van der Waals surface area contributed by atoms with Gasteiger partial charge in [0.05, 0.1) is 42.2 Å². The first kappa shape index (κ1) is 28.2. The van der Waals surface area contributed by atoms with Crippen molar-refractivity contribution in [2.24, 2.45) is 4.99 Å². The van der Waals surface area contributed by atoms with Crippen molar-refractivity contribution in [1.29, 1.82) is 0 Å². The minimum absolute atomic E-state index is 0.0997. The zero-order valence-electron chi connectivity index (χ0n) is 23.1. The van der Waals surface area contributed by atoms with E-state index in [-0.39, 0.29) is 18.3 Å². The number of methoxy groups -OCH3 is 1. The molecule has 0 saturated carbocycles. The lowest BCUT2D eigenvalue weighted by Crippen LogP contribution is -2.40. The summed E-state index contributed by atoms with van der Waals surface area (Å²) in [6.45, 7) is 10.2. The van der Waals surface area contributed by atoms with E-state index in [0.29, 0.717) is 50.0 Å². The van der Waals surface area contributed by atoms with E-state index < -0.39 is 12.0 Å². The minimum Gasteiger partial charge on any atom is -0.493 e. The van der Waals surface area contributed by atoms with Crippen molar-refractivity contribution < 1.29 is 23.7 Å². The average Bonchev–Trinajstić information content (AvgIpc) is 3.21. The SMILES string of the molecule is CCCOc1ccc(/C=c2/sc3n(c2=O)[C@H](c2ccccc2OC(C)C)C(C(=O)OCC)=C(C)N=3)cc1OC. The maximum absolute atomic E-state index is 13.9. The van der Waals surface area contributed by atoms with E-state index in [9.17, 15) is 9.59 Å². The Labute approximate surface area is 231 Å². The molecule has 0 amide bonds. The minimum atomic E-state index is -0.753. The average molecular weight is 551 g/mol. The summed E-state index contributed by atoms with van der Waals surface area (Å²) >= 11 is 1.27. The van der Waals surface area contributed by atoms with E-state index >= 15 is 0 Å². The van der Waals surface area contributed by atoms with Crippen molar-refractivity contribution in [3.05, 3.63) is 84.5 Å². The maximum atomic E-state index is 13.9. The molecule has 206 valence electrons. The largest absolute Gasteiger partial charge is 0.493 e. The molecule has 0 spiro atoms. The fourth-order valence-electron chi connectivity index (χ4n) is 4.41. The molecule has 2 heterocycles. The zero-order valence-corrected chi connectivity index (χ0v) is 24.0. The van der Waals surface area contributed by atoms with Crippen LogP contribution in [0.4, 0.5) is 0 Å². The van der Waals surface area contributed by atoms with Crippen molar-refractivity contribution in [2.45, 2.75) is 53.2 Å². The fourth-order valence-corrected chi connectivity index (χ4v) is 5.46. The second kappa shape index (κ2) is 12.3. The molecule has 0 bridgehead atoms. The van der Waals surface area contributed by atoms with Crippen LogP contribution in [0.15, 0.2) is 63.5 Å². The molecular formula is C30H34N2O6S. The highest BCUT2D eigenvalue weighted by Crippen LogP contribution is 2.36. The quantitative estimate of drug-likeness (QED) is 0.348. The van der Waals surface area contributed by atoms with E-state index in [1.807, 2.05) is 63.2 Å². The van der Waals surface area contributed by atoms with Gasteiger partial charge >= 0.3 is 5.97 Å². The normalized spacial score (nSPS) is 15.2. The summed E-state index contributed by atoms with van der Waals surface area (Å²) in [6, 6.07) is 12.2. The number of benzene rings is 2. The third-order valence-electron chi connectivity index (χ3n) is 6.04. The number of para-hydroxylation sites is 1. The van der Waals surface area contributed by atoms with Crippen molar-refractivity contribution in [3.8, 4) is 17.2 Å². The molecule has 0 saturated heterocycles. The molecule has 1 atom stereocenters. The molecular weight excluding hydrogens is 516 g/mol. The van der Waals surface area contributed by atoms with Crippen LogP contribution < -0.4 is 29.1 Å². The molecule has 0 fully saturated rings. The molecule has 0 aliphatic carbocycles. The van der Waals surface area contributed by atoms with Gasteiger partial charge in [-0.25, -0.2) is 9.79 Å². The van der Waals surface area contributed by atoms with Crippen molar-refractivity contribution in [1.82, 2.24) is 4.57 Å². The Morgan fingerprint density at radius 3 is 2.59 bits per heavy atom. The van der Waals surface area contributed by atoms with Crippen molar-refractivity contribution in [3.63, 3.8) is 0 Å². The van der Waals surface area contributed by atoms with Gasteiger partial charge in [-0.3, -0.25) is 9.36 Å². The second-order valence-electron chi connectivity index (χ2n) is 9.27. The molecule has 1 aliphatic heterocycles. The number of fused-ring (bicyclic) bond motifs is 1. The van der Waals surface area contributed by atoms with Crippen LogP contribution in [0.1, 0.15) is 58.2 Å². The van der Waals surface area contributed by atoms with Crippen LogP contribution in [0.5, 0.6) is 17.2 Å². The molecule has 1 aromatic heterocycles. The monoisotopic (exact) mass is 550 g/mol. The van der Waals surface area contributed by atoms with Gasteiger partial charge in [-0.15, -0.1) is 0 Å². The number of allylic oxidation sites excluding steroid dienone is 1.